The Morgan fingerprint density at radius 2 is 2.00 bits per heavy atom. The fraction of sp³-hybridized carbons (Fsp3) is 0.222. The van der Waals surface area contributed by atoms with Crippen LogP contribution < -0.4 is 20.1 Å². The van der Waals surface area contributed by atoms with E-state index >= 15 is 0 Å². The van der Waals surface area contributed by atoms with E-state index in [4.69, 9.17) is 9.47 Å². The molecule has 2 heterocycles. The van der Waals surface area contributed by atoms with E-state index in [2.05, 4.69) is 10.6 Å². The molecule has 2 amide bonds. The Morgan fingerprint density at radius 3 is 2.86 bits per heavy atom. The van der Waals surface area contributed by atoms with Crippen molar-refractivity contribution in [2.24, 2.45) is 0 Å². The van der Waals surface area contributed by atoms with Crippen LogP contribution in [-0.4, -0.2) is 12.8 Å². The van der Waals surface area contributed by atoms with Crippen molar-refractivity contribution in [2.45, 2.75) is 6.54 Å². The van der Waals surface area contributed by atoms with E-state index in [0.29, 0.717) is 12.3 Å². The summed E-state index contributed by atoms with van der Waals surface area (Å²) < 4.78 is 10.4. The molecule has 0 saturated carbocycles. The van der Waals surface area contributed by atoms with Gasteiger partial charge in [-0.2, -0.15) is 0 Å². The highest BCUT2D eigenvalue weighted by Crippen LogP contribution is 2.37. The lowest BCUT2D eigenvalue weighted by Crippen LogP contribution is -2.33. The maximum atomic E-state index is 11.0. The molecular formula is C9H8N2O3. The Kier molecular flexibility index (Phi) is 1.36. The van der Waals surface area contributed by atoms with Crippen molar-refractivity contribution in [1.29, 1.82) is 0 Å². The molecule has 3 rings (SSSR count). The largest absolute Gasteiger partial charge is 0.454 e. The van der Waals surface area contributed by atoms with Gasteiger partial charge in [-0.25, -0.2) is 4.79 Å². The van der Waals surface area contributed by atoms with Crippen LogP contribution in [0.3, 0.4) is 0 Å². The van der Waals surface area contributed by atoms with Crippen LogP contribution in [0.15, 0.2) is 12.1 Å². The van der Waals surface area contributed by atoms with Gasteiger partial charge in [0, 0.05) is 12.6 Å². The van der Waals surface area contributed by atoms with Crippen LogP contribution in [0.25, 0.3) is 0 Å². The molecule has 14 heavy (non-hydrogen) atoms. The Bertz CT molecular complexity index is 417. The maximum Gasteiger partial charge on any atom is 0.319 e. The molecule has 0 fully saturated rings. The van der Waals surface area contributed by atoms with Gasteiger partial charge in [0.05, 0.1) is 5.69 Å². The predicted octanol–water partition coefficient (Wildman–Crippen LogP) is 1.05. The Labute approximate surface area is 80.0 Å². The number of carbonyl (C=O) groups is 1. The summed E-state index contributed by atoms with van der Waals surface area (Å²) in [5.41, 5.74) is 1.80. The topological polar surface area (TPSA) is 59.6 Å². The van der Waals surface area contributed by atoms with Gasteiger partial charge in [0.2, 0.25) is 6.79 Å². The smallest absolute Gasteiger partial charge is 0.319 e. The highest BCUT2D eigenvalue weighted by atomic mass is 16.7. The van der Waals surface area contributed by atoms with Gasteiger partial charge >= 0.3 is 6.03 Å². The molecule has 0 atom stereocenters. The van der Waals surface area contributed by atoms with Crippen molar-refractivity contribution in [1.82, 2.24) is 5.32 Å². The fourth-order valence-corrected chi connectivity index (χ4v) is 1.59. The van der Waals surface area contributed by atoms with E-state index in [1.807, 2.05) is 6.07 Å². The number of benzene rings is 1. The third-order valence-corrected chi connectivity index (χ3v) is 2.29. The molecule has 0 saturated heterocycles. The SMILES string of the molecule is O=C1NCc2cc3c(cc2N1)OCO3. The number of nitrogens with one attached hydrogen (secondary N) is 2. The summed E-state index contributed by atoms with van der Waals surface area (Å²) in [6.07, 6.45) is 0. The zero-order chi connectivity index (χ0) is 9.54. The first kappa shape index (κ1) is 7.49. The minimum atomic E-state index is -0.184. The summed E-state index contributed by atoms with van der Waals surface area (Å²) in [4.78, 5) is 11.0. The van der Waals surface area contributed by atoms with Crippen LogP contribution in [0.4, 0.5) is 10.5 Å². The lowest BCUT2D eigenvalue weighted by molar-refractivity contribution is 0.174. The normalized spacial score (nSPS) is 17.0. The second kappa shape index (κ2) is 2.54. The molecule has 2 N–H and O–H groups in total. The van der Waals surface area contributed by atoms with Crippen LogP contribution in [0.5, 0.6) is 11.5 Å². The van der Waals surface area contributed by atoms with E-state index < -0.39 is 0 Å². The van der Waals surface area contributed by atoms with E-state index in [0.717, 1.165) is 17.0 Å². The Hall–Kier alpha value is -1.91. The summed E-state index contributed by atoms with van der Waals surface area (Å²) in [6, 6.07) is 3.48. The first-order chi connectivity index (χ1) is 6.83. The number of carbonyl (C=O) groups excluding carboxylic acids is 1. The number of fused-ring (bicyclic) bond motifs is 2. The van der Waals surface area contributed by atoms with Crippen molar-refractivity contribution in [3.8, 4) is 11.5 Å². The summed E-state index contributed by atoms with van der Waals surface area (Å²) in [6.45, 7) is 0.775. The van der Waals surface area contributed by atoms with Gasteiger partial charge in [0.15, 0.2) is 11.5 Å². The first-order valence-electron chi connectivity index (χ1n) is 4.30. The van der Waals surface area contributed by atoms with Gasteiger partial charge < -0.3 is 20.1 Å². The van der Waals surface area contributed by atoms with Crippen LogP contribution in [-0.2, 0) is 6.54 Å². The van der Waals surface area contributed by atoms with Crippen molar-refractivity contribution in [2.75, 3.05) is 12.1 Å². The van der Waals surface area contributed by atoms with Gasteiger partial charge in [0.25, 0.3) is 0 Å². The van der Waals surface area contributed by atoms with E-state index in [1.54, 1.807) is 6.07 Å². The van der Waals surface area contributed by atoms with Crippen molar-refractivity contribution < 1.29 is 14.3 Å². The molecule has 5 nitrogen and oxygen atoms in total. The fourth-order valence-electron chi connectivity index (χ4n) is 1.59. The van der Waals surface area contributed by atoms with Crippen LogP contribution in [0, 0.1) is 0 Å². The second-order valence-electron chi connectivity index (χ2n) is 3.17. The molecule has 1 aromatic carbocycles. The summed E-state index contributed by atoms with van der Waals surface area (Å²) in [5, 5.41) is 5.39. The van der Waals surface area contributed by atoms with Crippen molar-refractivity contribution in [3.63, 3.8) is 0 Å². The second-order valence-corrected chi connectivity index (χ2v) is 3.17. The molecule has 5 heteroatoms. The summed E-state index contributed by atoms with van der Waals surface area (Å²) >= 11 is 0. The molecule has 1 aromatic rings. The zero-order valence-corrected chi connectivity index (χ0v) is 7.29. The first-order valence-corrected chi connectivity index (χ1v) is 4.30. The van der Waals surface area contributed by atoms with E-state index in [1.165, 1.54) is 0 Å². The highest BCUT2D eigenvalue weighted by Gasteiger charge is 2.20. The average molecular weight is 192 g/mol. The van der Waals surface area contributed by atoms with Gasteiger partial charge in [-0.1, -0.05) is 0 Å². The number of rotatable bonds is 0. The molecule has 0 radical (unpaired) electrons. The molecule has 2 aliphatic rings. The molecule has 72 valence electrons. The number of hydrogen-bond acceptors (Lipinski definition) is 3. The standard InChI is InChI=1S/C9H8N2O3/c12-9-10-3-5-1-7-8(14-4-13-7)2-6(5)11-9/h1-2H,3-4H2,(H2,10,11,12). The van der Waals surface area contributed by atoms with Crippen LogP contribution in [0.1, 0.15) is 5.56 Å². The molecule has 0 aromatic heterocycles. The van der Waals surface area contributed by atoms with E-state index in [9.17, 15) is 4.79 Å². The molecule has 0 spiro atoms. The third-order valence-electron chi connectivity index (χ3n) is 2.29. The van der Waals surface area contributed by atoms with Crippen molar-refractivity contribution >= 4 is 11.7 Å². The van der Waals surface area contributed by atoms with Crippen molar-refractivity contribution in [3.05, 3.63) is 17.7 Å². The monoisotopic (exact) mass is 192 g/mol. The van der Waals surface area contributed by atoms with Gasteiger partial charge in [0.1, 0.15) is 0 Å². The van der Waals surface area contributed by atoms with Gasteiger partial charge in [-0.05, 0) is 11.6 Å². The predicted molar refractivity (Wildman–Crippen MR) is 48.4 cm³/mol. The summed E-state index contributed by atoms with van der Waals surface area (Å²) in [5.74, 6) is 1.42. The molecule has 0 aliphatic carbocycles. The number of amides is 2. The molecular weight excluding hydrogens is 184 g/mol. The lowest BCUT2D eigenvalue weighted by atomic mass is 10.1. The quantitative estimate of drug-likeness (QED) is 0.645. The molecule has 2 aliphatic heterocycles. The molecule has 0 bridgehead atoms. The number of ether oxygens (including phenoxy) is 2. The third kappa shape index (κ3) is 0.985. The average Bonchev–Trinajstić information content (AvgIpc) is 2.61. The number of hydrogen-bond donors (Lipinski definition) is 2. The lowest BCUT2D eigenvalue weighted by Gasteiger charge is -2.18. The Balaban J connectivity index is 2.10. The maximum absolute atomic E-state index is 11.0. The minimum absolute atomic E-state index is 0.184. The highest BCUT2D eigenvalue weighted by molar-refractivity contribution is 5.92. The van der Waals surface area contributed by atoms with Crippen LogP contribution in [0.2, 0.25) is 0 Å². The Morgan fingerprint density at radius 1 is 1.21 bits per heavy atom. The van der Waals surface area contributed by atoms with Gasteiger partial charge in [-0.3, -0.25) is 0 Å². The van der Waals surface area contributed by atoms with Crippen LogP contribution >= 0.6 is 0 Å². The van der Waals surface area contributed by atoms with Gasteiger partial charge in [-0.15, -0.1) is 0 Å². The summed E-state index contributed by atoms with van der Waals surface area (Å²) in [7, 11) is 0. The molecule has 0 unspecified atom stereocenters. The minimum Gasteiger partial charge on any atom is -0.454 e. The number of anilines is 1. The zero-order valence-electron chi connectivity index (χ0n) is 7.29. The number of urea groups is 1. The van der Waals surface area contributed by atoms with E-state index in [-0.39, 0.29) is 12.8 Å².